The molecule has 0 spiro atoms. The Morgan fingerprint density at radius 3 is 2.50 bits per heavy atom. The van der Waals surface area contributed by atoms with Gasteiger partial charge in [-0.1, -0.05) is 0 Å². The van der Waals surface area contributed by atoms with Crippen molar-refractivity contribution in [2.24, 2.45) is 23.7 Å². The molecule has 20 heavy (non-hydrogen) atoms. The van der Waals surface area contributed by atoms with Gasteiger partial charge in [-0.15, -0.1) is 0 Å². The maximum atomic E-state index is 12.3. The predicted octanol–water partition coefficient (Wildman–Crippen LogP) is 1.44. The number of pyridine rings is 1. The number of aliphatic carboxylic acids is 1. The van der Waals surface area contributed by atoms with Gasteiger partial charge in [-0.05, 0) is 48.8 Å². The van der Waals surface area contributed by atoms with E-state index in [4.69, 9.17) is 0 Å². The Morgan fingerprint density at radius 1 is 1.20 bits per heavy atom. The first-order chi connectivity index (χ1) is 9.66. The highest BCUT2D eigenvalue weighted by Gasteiger charge is 2.53. The number of aromatic nitrogens is 1. The topological polar surface area (TPSA) is 79.3 Å². The summed E-state index contributed by atoms with van der Waals surface area (Å²) >= 11 is 0. The molecule has 5 nitrogen and oxygen atoms in total. The van der Waals surface area contributed by atoms with Gasteiger partial charge in [-0.2, -0.15) is 0 Å². The molecule has 0 unspecified atom stereocenters. The normalized spacial score (nSPS) is 31.2. The van der Waals surface area contributed by atoms with E-state index in [1.165, 1.54) is 0 Å². The summed E-state index contributed by atoms with van der Waals surface area (Å²) in [5.41, 5.74) is 0.975. The summed E-state index contributed by atoms with van der Waals surface area (Å²) in [7, 11) is 0. The number of hydrogen-bond acceptors (Lipinski definition) is 3. The first-order valence-electron chi connectivity index (χ1n) is 7.06. The van der Waals surface area contributed by atoms with Crippen LogP contribution in [0.2, 0.25) is 0 Å². The molecule has 1 heterocycles. The zero-order chi connectivity index (χ0) is 14.1. The van der Waals surface area contributed by atoms with Crippen molar-refractivity contribution in [1.82, 2.24) is 10.3 Å². The molecule has 106 valence electrons. The van der Waals surface area contributed by atoms with Crippen LogP contribution in [0.1, 0.15) is 24.8 Å². The van der Waals surface area contributed by atoms with Crippen molar-refractivity contribution in [2.75, 3.05) is 0 Å². The lowest BCUT2D eigenvalue weighted by atomic mass is 9.78. The number of nitrogens with one attached hydrogen (secondary N) is 1. The number of hydrogen-bond donors (Lipinski definition) is 2. The highest BCUT2D eigenvalue weighted by Crippen LogP contribution is 2.52. The summed E-state index contributed by atoms with van der Waals surface area (Å²) in [4.78, 5) is 27.7. The zero-order valence-corrected chi connectivity index (χ0v) is 11.2. The number of carbonyl (C=O) groups excluding carboxylic acids is 1. The SMILES string of the molecule is O=C(NCc1ccncc1)[C@@H]1[C@H]2CC[C@@H](C2)[C@@H]1C(=O)O. The third kappa shape index (κ3) is 2.28. The lowest BCUT2D eigenvalue weighted by Gasteiger charge is -2.27. The molecule has 2 saturated carbocycles. The van der Waals surface area contributed by atoms with Gasteiger partial charge in [0.2, 0.25) is 5.91 Å². The minimum absolute atomic E-state index is 0.110. The van der Waals surface area contributed by atoms with Crippen molar-refractivity contribution in [1.29, 1.82) is 0 Å². The summed E-state index contributed by atoms with van der Waals surface area (Å²) in [5.74, 6) is -1.34. The largest absolute Gasteiger partial charge is 0.481 e. The molecule has 0 saturated heterocycles. The van der Waals surface area contributed by atoms with Crippen molar-refractivity contribution in [3.05, 3.63) is 30.1 Å². The van der Waals surface area contributed by atoms with E-state index in [1.807, 2.05) is 12.1 Å². The van der Waals surface area contributed by atoms with E-state index in [1.54, 1.807) is 12.4 Å². The van der Waals surface area contributed by atoms with Gasteiger partial charge in [0.25, 0.3) is 0 Å². The molecule has 2 fully saturated rings. The number of carboxylic acids is 1. The molecule has 2 bridgehead atoms. The predicted molar refractivity (Wildman–Crippen MR) is 71.5 cm³/mol. The van der Waals surface area contributed by atoms with Crippen LogP contribution in [-0.2, 0) is 16.1 Å². The molecule has 5 heteroatoms. The van der Waals surface area contributed by atoms with Crippen LogP contribution in [0.5, 0.6) is 0 Å². The van der Waals surface area contributed by atoms with Crippen LogP contribution in [-0.4, -0.2) is 22.0 Å². The summed E-state index contributed by atoms with van der Waals surface area (Å²) in [6.07, 6.45) is 6.19. The summed E-state index contributed by atoms with van der Waals surface area (Å²) in [6.45, 7) is 0.432. The fraction of sp³-hybridized carbons (Fsp3) is 0.533. The number of carboxylic acid groups (broad SMARTS) is 1. The Morgan fingerprint density at radius 2 is 1.85 bits per heavy atom. The van der Waals surface area contributed by atoms with Crippen molar-refractivity contribution in [3.63, 3.8) is 0 Å². The molecule has 0 aromatic carbocycles. The molecule has 2 aliphatic carbocycles. The van der Waals surface area contributed by atoms with Crippen LogP contribution in [0.3, 0.4) is 0 Å². The van der Waals surface area contributed by atoms with Crippen molar-refractivity contribution in [3.8, 4) is 0 Å². The molecular weight excluding hydrogens is 256 g/mol. The second-order valence-corrected chi connectivity index (χ2v) is 5.80. The second kappa shape index (κ2) is 5.23. The van der Waals surface area contributed by atoms with Gasteiger partial charge in [-0.25, -0.2) is 0 Å². The monoisotopic (exact) mass is 274 g/mol. The van der Waals surface area contributed by atoms with Gasteiger partial charge in [0, 0.05) is 18.9 Å². The number of carbonyl (C=O) groups is 2. The Balaban J connectivity index is 1.66. The van der Waals surface area contributed by atoms with E-state index in [9.17, 15) is 14.7 Å². The minimum Gasteiger partial charge on any atom is -0.481 e. The van der Waals surface area contributed by atoms with E-state index >= 15 is 0 Å². The lowest BCUT2D eigenvalue weighted by molar-refractivity contribution is -0.149. The molecular formula is C15H18N2O3. The van der Waals surface area contributed by atoms with Crippen LogP contribution in [0, 0.1) is 23.7 Å². The number of fused-ring (bicyclic) bond motifs is 2. The van der Waals surface area contributed by atoms with E-state index in [0.717, 1.165) is 24.8 Å². The van der Waals surface area contributed by atoms with Crippen molar-refractivity contribution >= 4 is 11.9 Å². The lowest BCUT2D eigenvalue weighted by Crippen LogP contribution is -2.41. The van der Waals surface area contributed by atoms with Crippen LogP contribution < -0.4 is 5.32 Å². The summed E-state index contributed by atoms with van der Waals surface area (Å²) in [5, 5.41) is 12.2. The van der Waals surface area contributed by atoms with E-state index in [2.05, 4.69) is 10.3 Å². The Bertz CT molecular complexity index is 517. The summed E-state index contributed by atoms with van der Waals surface area (Å²) in [6, 6.07) is 3.69. The quantitative estimate of drug-likeness (QED) is 0.871. The Labute approximate surface area is 117 Å². The van der Waals surface area contributed by atoms with E-state index in [0.29, 0.717) is 6.54 Å². The fourth-order valence-corrected chi connectivity index (χ4v) is 3.83. The van der Waals surface area contributed by atoms with E-state index < -0.39 is 11.9 Å². The number of rotatable bonds is 4. The van der Waals surface area contributed by atoms with Gasteiger partial charge < -0.3 is 10.4 Å². The van der Waals surface area contributed by atoms with Gasteiger partial charge in [0.1, 0.15) is 0 Å². The van der Waals surface area contributed by atoms with Gasteiger partial charge in [0.15, 0.2) is 0 Å². The molecule has 2 N–H and O–H groups in total. The van der Waals surface area contributed by atoms with Gasteiger partial charge in [-0.3, -0.25) is 14.6 Å². The summed E-state index contributed by atoms with van der Waals surface area (Å²) < 4.78 is 0. The molecule has 2 aliphatic rings. The highest BCUT2D eigenvalue weighted by molar-refractivity contribution is 5.86. The average molecular weight is 274 g/mol. The number of amides is 1. The maximum Gasteiger partial charge on any atom is 0.307 e. The first kappa shape index (κ1) is 13.1. The highest BCUT2D eigenvalue weighted by atomic mass is 16.4. The minimum atomic E-state index is -0.818. The Kier molecular flexibility index (Phi) is 3.42. The molecule has 3 rings (SSSR count). The molecule has 1 aromatic heterocycles. The van der Waals surface area contributed by atoms with Crippen molar-refractivity contribution in [2.45, 2.75) is 25.8 Å². The fourth-order valence-electron chi connectivity index (χ4n) is 3.83. The third-order valence-electron chi connectivity index (χ3n) is 4.72. The average Bonchev–Trinajstić information content (AvgIpc) is 3.06. The van der Waals surface area contributed by atoms with Crippen LogP contribution in [0.25, 0.3) is 0 Å². The zero-order valence-electron chi connectivity index (χ0n) is 11.2. The van der Waals surface area contributed by atoms with Crippen LogP contribution in [0.15, 0.2) is 24.5 Å². The first-order valence-corrected chi connectivity index (χ1v) is 7.06. The van der Waals surface area contributed by atoms with Crippen LogP contribution >= 0.6 is 0 Å². The van der Waals surface area contributed by atoms with Crippen molar-refractivity contribution < 1.29 is 14.7 Å². The molecule has 1 amide bonds. The molecule has 1 aromatic rings. The maximum absolute atomic E-state index is 12.3. The second-order valence-electron chi connectivity index (χ2n) is 5.80. The smallest absolute Gasteiger partial charge is 0.307 e. The van der Waals surface area contributed by atoms with E-state index in [-0.39, 0.29) is 23.7 Å². The van der Waals surface area contributed by atoms with Crippen LogP contribution in [0.4, 0.5) is 0 Å². The molecule has 4 atom stereocenters. The van der Waals surface area contributed by atoms with Gasteiger partial charge in [0.05, 0.1) is 11.8 Å². The number of nitrogens with zero attached hydrogens (tertiary/aromatic N) is 1. The third-order valence-corrected chi connectivity index (χ3v) is 4.72. The molecule has 0 radical (unpaired) electrons. The standard InChI is InChI=1S/C15H18N2O3/c18-14(17-8-9-3-5-16-6-4-9)12-10-1-2-11(7-10)13(12)15(19)20/h3-6,10-13H,1-2,7-8H2,(H,17,18)(H,19,20)/t10-,11-,12+,13-/m0/s1. The Hall–Kier alpha value is -1.91. The molecule has 0 aliphatic heterocycles. The van der Waals surface area contributed by atoms with Gasteiger partial charge >= 0.3 is 5.97 Å².